The van der Waals surface area contributed by atoms with Gasteiger partial charge < -0.3 is 5.73 Å². The highest BCUT2D eigenvalue weighted by Gasteiger charge is 2.31. The normalized spacial score (nSPS) is 12.9. The Balaban J connectivity index is 2.91. The van der Waals surface area contributed by atoms with Crippen LogP contribution < -0.4 is 5.73 Å². The Labute approximate surface area is 102 Å². The molecule has 0 aromatic carbocycles. The van der Waals surface area contributed by atoms with Crippen LogP contribution >= 0.6 is 0 Å². The van der Waals surface area contributed by atoms with E-state index in [0.717, 1.165) is 13.2 Å². The van der Waals surface area contributed by atoms with Crippen LogP contribution in [-0.2, 0) is 10.0 Å². The number of hydrogen-bond donors (Lipinski definition) is 1. The van der Waals surface area contributed by atoms with Crippen LogP contribution in [0.4, 0.5) is 18.9 Å². The predicted molar refractivity (Wildman–Crippen MR) is 59.1 cm³/mol. The molecule has 0 saturated carbocycles. The van der Waals surface area contributed by atoms with Crippen molar-refractivity contribution in [3.8, 4) is 0 Å². The largest absolute Gasteiger partial charge is 0.398 e. The molecule has 0 radical (unpaired) electrons. The number of sulfonamides is 1. The van der Waals surface area contributed by atoms with Crippen LogP contribution in [-0.4, -0.2) is 37.5 Å². The van der Waals surface area contributed by atoms with E-state index in [1.54, 1.807) is 0 Å². The minimum absolute atomic E-state index is 0.0520. The zero-order chi connectivity index (χ0) is 14.0. The van der Waals surface area contributed by atoms with Gasteiger partial charge in [-0.2, -0.15) is 13.2 Å². The van der Waals surface area contributed by atoms with Crippen LogP contribution in [0.1, 0.15) is 6.42 Å². The lowest BCUT2D eigenvalue weighted by Crippen LogP contribution is -2.31. The fourth-order valence-electron chi connectivity index (χ4n) is 1.18. The number of aromatic nitrogens is 1. The Hall–Kier alpha value is -1.35. The molecule has 102 valence electrons. The van der Waals surface area contributed by atoms with Crippen molar-refractivity contribution in [2.24, 2.45) is 0 Å². The Bertz CT molecular complexity index is 516. The van der Waals surface area contributed by atoms with Crippen LogP contribution in [0.25, 0.3) is 0 Å². The second-order valence-corrected chi connectivity index (χ2v) is 5.62. The predicted octanol–water partition coefficient (Wildman–Crippen LogP) is 1.24. The van der Waals surface area contributed by atoms with Crippen molar-refractivity contribution in [1.82, 2.24) is 9.29 Å². The van der Waals surface area contributed by atoms with Crippen LogP contribution in [0.15, 0.2) is 23.4 Å². The van der Waals surface area contributed by atoms with Crippen molar-refractivity contribution in [1.29, 1.82) is 0 Å². The minimum Gasteiger partial charge on any atom is -0.398 e. The zero-order valence-electron chi connectivity index (χ0n) is 9.48. The lowest BCUT2D eigenvalue weighted by molar-refractivity contribution is -0.135. The van der Waals surface area contributed by atoms with Crippen LogP contribution in [0.5, 0.6) is 0 Å². The Kier molecular flexibility index (Phi) is 4.17. The summed E-state index contributed by atoms with van der Waals surface area (Å²) in [5.74, 6) is 0. The highest BCUT2D eigenvalue weighted by Crippen LogP contribution is 2.23. The van der Waals surface area contributed by atoms with Gasteiger partial charge >= 0.3 is 6.18 Å². The number of pyridine rings is 1. The molecule has 0 saturated heterocycles. The van der Waals surface area contributed by atoms with Crippen molar-refractivity contribution in [2.45, 2.75) is 17.5 Å². The summed E-state index contributed by atoms with van der Waals surface area (Å²) >= 11 is 0. The molecule has 2 N–H and O–H groups in total. The van der Waals surface area contributed by atoms with Gasteiger partial charge in [-0.25, -0.2) is 12.7 Å². The third-order valence-corrected chi connectivity index (χ3v) is 4.11. The van der Waals surface area contributed by atoms with E-state index in [1.807, 2.05) is 0 Å². The number of anilines is 1. The maximum absolute atomic E-state index is 12.0. The minimum atomic E-state index is -4.41. The van der Waals surface area contributed by atoms with E-state index in [-0.39, 0.29) is 10.6 Å². The van der Waals surface area contributed by atoms with Gasteiger partial charge in [-0.15, -0.1) is 0 Å². The van der Waals surface area contributed by atoms with Crippen molar-refractivity contribution < 1.29 is 21.6 Å². The van der Waals surface area contributed by atoms with E-state index in [0.29, 0.717) is 4.31 Å². The molecule has 5 nitrogen and oxygen atoms in total. The first-order valence-electron chi connectivity index (χ1n) is 4.87. The topological polar surface area (TPSA) is 76.3 Å². The lowest BCUT2D eigenvalue weighted by Gasteiger charge is -2.18. The molecule has 0 bridgehead atoms. The molecule has 0 aliphatic heterocycles. The third-order valence-electron chi connectivity index (χ3n) is 2.21. The highest BCUT2D eigenvalue weighted by atomic mass is 32.2. The molecular weight excluding hydrogens is 271 g/mol. The SMILES string of the molecule is CN(CCC(F)(F)F)S(=O)(=O)c1cnccc1N. The van der Waals surface area contributed by atoms with E-state index < -0.39 is 29.2 Å². The fraction of sp³-hybridized carbons (Fsp3) is 0.444. The van der Waals surface area contributed by atoms with E-state index in [1.165, 1.54) is 12.3 Å². The first-order valence-corrected chi connectivity index (χ1v) is 6.31. The number of alkyl halides is 3. The summed E-state index contributed by atoms with van der Waals surface area (Å²) in [5.41, 5.74) is 5.41. The second-order valence-electron chi connectivity index (χ2n) is 3.61. The first kappa shape index (κ1) is 14.7. The number of nitrogens with zero attached hydrogens (tertiary/aromatic N) is 2. The molecule has 0 fully saturated rings. The molecule has 1 aromatic heterocycles. The van der Waals surface area contributed by atoms with Gasteiger partial charge in [0.05, 0.1) is 12.1 Å². The number of hydrogen-bond acceptors (Lipinski definition) is 4. The summed E-state index contributed by atoms with van der Waals surface area (Å²) < 4.78 is 60.5. The smallest absolute Gasteiger partial charge is 0.390 e. The standard InChI is InChI=1S/C9H12F3N3O2S/c1-15(5-3-9(10,11)12)18(16,17)8-6-14-4-2-7(8)13/h2,4,6H,3,5H2,1H3,(H2,13,14). The van der Waals surface area contributed by atoms with Crippen molar-refractivity contribution in [2.75, 3.05) is 19.3 Å². The molecule has 1 heterocycles. The van der Waals surface area contributed by atoms with Crippen LogP contribution in [0, 0.1) is 0 Å². The summed E-state index contributed by atoms with van der Waals surface area (Å²) in [4.78, 5) is 3.30. The van der Waals surface area contributed by atoms with Crippen LogP contribution in [0.3, 0.4) is 0 Å². The van der Waals surface area contributed by atoms with Gasteiger partial charge in [0.2, 0.25) is 10.0 Å². The number of rotatable bonds is 4. The summed E-state index contributed by atoms with van der Waals surface area (Å²) in [6.45, 7) is -0.667. The third kappa shape index (κ3) is 3.57. The molecule has 0 unspecified atom stereocenters. The monoisotopic (exact) mass is 283 g/mol. The summed E-state index contributed by atoms with van der Waals surface area (Å²) in [6.07, 6.45) is -3.33. The van der Waals surface area contributed by atoms with Gasteiger partial charge in [0.15, 0.2) is 0 Å². The van der Waals surface area contributed by atoms with Gasteiger partial charge in [-0.1, -0.05) is 0 Å². The summed E-state index contributed by atoms with van der Waals surface area (Å²) in [5, 5.41) is 0. The maximum atomic E-state index is 12.0. The number of nitrogens with two attached hydrogens (primary N) is 1. The Morgan fingerprint density at radius 1 is 1.44 bits per heavy atom. The fourth-order valence-corrected chi connectivity index (χ4v) is 2.41. The molecular formula is C9H12F3N3O2S. The van der Waals surface area contributed by atoms with Crippen molar-refractivity contribution in [3.05, 3.63) is 18.5 Å². The molecule has 0 aliphatic carbocycles. The second kappa shape index (κ2) is 5.11. The van der Waals surface area contributed by atoms with E-state index >= 15 is 0 Å². The highest BCUT2D eigenvalue weighted by molar-refractivity contribution is 7.89. The van der Waals surface area contributed by atoms with Gasteiger partial charge in [0.25, 0.3) is 0 Å². The number of halogens is 3. The maximum Gasteiger partial charge on any atom is 0.390 e. The Morgan fingerprint density at radius 2 is 2.06 bits per heavy atom. The average Bonchev–Trinajstić information content (AvgIpc) is 2.25. The first-order chi connectivity index (χ1) is 8.14. The van der Waals surface area contributed by atoms with Crippen molar-refractivity contribution in [3.63, 3.8) is 0 Å². The average molecular weight is 283 g/mol. The van der Waals surface area contributed by atoms with E-state index in [9.17, 15) is 21.6 Å². The van der Waals surface area contributed by atoms with Crippen molar-refractivity contribution >= 4 is 15.7 Å². The van der Waals surface area contributed by atoms with Gasteiger partial charge in [0, 0.05) is 26.0 Å². The molecule has 18 heavy (non-hydrogen) atoms. The molecule has 1 aromatic rings. The zero-order valence-corrected chi connectivity index (χ0v) is 10.3. The van der Waals surface area contributed by atoms with Gasteiger partial charge in [0.1, 0.15) is 4.90 Å². The van der Waals surface area contributed by atoms with Gasteiger partial charge in [-0.3, -0.25) is 4.98 Å². The van der Waals surface area contributed by atoms with E-state index in [2.05, 4.69) is 4.98 Å². The number of nitrogen functional groups attached to an aromatic ring is 1. The summed E-state index contributed by atoms with van der Waals surface area (Å²) in [6, 6.07) is 1.27. The lowest BCUT2D eigenvalue weighted by atomic mass is 10.4. The summed E-state index contributed by atoms with van der Waals surface area (Å²) in [7, 11) is -2.98. The van der Waals surface area contributed by atoms with E-state index in [4.69, 9.17) is 5.73 Å². The molecule has 0 amide bonds. The quantitative estimate of drug-likeness (QED) is 0.902. The molecule has 0 spiro atoms. The van der Waals surface area contributed by atoms with Crippen LogP contribution in [0.2, 0.25) is 0 Å². The molecule has 0 aliphatic rings. The van der Waals surface area contributed by atoms with Gasteiger partial charge in [-0.05, 0) is 6.07 Å². The Morgan fingerprint density at radius 3 is 2.56 bits per heavy atom. The molecule has 9 heteroatoms. The molecule has 1 rings (SSSR count). The molecule has 0 atom stereocenters.